The second kappa shape index (κ2) is 2.01. The van der Waals surface area contributed by atoms with E-state index in [0.717, 1.165) is 0 Å². The molecule has 2 amide bonds. The topological polar surface area (TPSA) is 37.4 Å². The van der Waals surface area contributed by atoms with Gasteiger partial charge in [0.15, 0.2) is 0 Å². The molecule has 0 unspecified atom stereocenters. The fourth-order valence-electron chi connectivity index (χ4n) is 0.743. The van der Waals surface area contributed by atoms with Crippen LogP contribution in [0.5, 0.6) is 0 Å². The molecular weight excluding hydrogens is 120 g/mol. The number of rotatable bonds is 1. The molecule has 0 aromatic rings. The van der Waals surface area contributed by atoms with Gasteiger partial charge in [0.05, 0.1) is 0 Å². The number of carbonyl (C=O) groups excluding carboxylic acids is 2. The van der Waals surface area contributed by atoms with E-state index in [9.17, 15) is 9.59 Å². The molecular formula is C6H7NO2. The molecule has 48 valence electrons. The Kier molecular flexibility index (Phi) is 1.34. The van der Waals surface area contributed by atoms with Crippen molar-refractivity contribution in [2.75, 3.05) is 6.54 Å². The molecule has 1 rings (SSSR count). The van der Waals surface area contributed by atoms with E-state index in [0.29, 0.717) is 6.54 Å². The molecule has 9 heavy (non-hydrogen) atoms. The van der Waals surface area contributed by atoms with Crippen molar-refractivity contribution in [1.29, 1.82) is 0 Å². The van der Waals surface area contributed by atoms with Crippen LogP contribution >= 0.6 is 0 Å². The lowest BCUT2D eigenvalue weighted by Gasteiger charge is -2.08. The largest absolute Gasteiger partial charge is 0.276 e. The first-order valence-corrected chi connectivity index (χ1v) is 2.79. The third-order valence-electron chi connectivity index (χ3n) is 1.22. The standard InChI is InChI=1S/C6H7NO2/c1-2-7-5(8)3-4-6(7)9/h3-4H,2H2,1H3/i1+2. The summed E-state index contributed by atoms with van der Waals surface area (Å²) >= 11 is 0. The highest BCUT2D eigenvalue weighted by Gasteiger charge is 2.20. The van der Waals surface area contributed by atoms with Gasteiger partial charge in [-0.15, -0.1) is 0 Å². The molecule has 0 aromatic heterocycles. The highest BCUT2D eigenvalue weighted by Crippen LogP contribution is 2.00. The van der Waals surface area contributed by atoms with Gasteiger partial charge in [0.1, 0.15) is 0 Å². The number of hydrogen-bond acceptors (Lipinski definition) is 2. The van der Waals surface area contributed by atoms with Crippen LogP contribution in [-0.2, 0) is 9.59 Å². The van der Waals surface area contributed by atoms with Crippen LogP contribution in [0.25, 0.3) is 0 Å². The van der Waals surface area contributed by atoms with Gasteiger partial charge in [-0.1, -0.05) is 0 Å². The maximum Gasteiger partial charge on any atom is 0.253 e. The Labute approximate surface area is 53.0 Å². The van der Waals surface area contributed by atoms with Crippen LogP contribution in [0.2, 0.25) is 0 Å². The third kappa shape index (κ3) is 0.850. The minimum Gasteiger partial charge on any atom is -0.276 e. The summed E-state index contributed by atoms with van der Waals surface area (Å²) in [6, 6.07) is 0. The van der Waals surface area contributed by atoms with Crippen LogP contribution in [-0.4, -0.2) is 23.3 Å². The van der Waals surface area contributed by atoms with Gasteiger partial charge in [-0.3, -0.25) is 14.5 Å². The summed E-state index contributed by atoms with van der Waals surface area (Å²) in [4.78, 5) is 22.4. The Bertz CT molecular complexity index is 165. The molecule has 0 bridgehead atoms. The van der Waals surface area contributed by atoms with Gasteiger partial charge in [-0.05, 0) is 6.92 Å². The summed E-state index contributed by atoms with van der Waals surface area (Å²) in [5.74, 6) is -0.412. The lowest BCUT2D eigenvalue weighted by Crippen LogP contribution is -2.29. The Hall–Kier alpha value is -1.12. The maximum atomic E-state index is 10.6. The quantitative estimate of drug-likeness (QED) is 0.462. The molecule has 0 fully saturated rings. The molecule has 0 radical (unpaired) electrons. The molecule has 0 spiro atoms. The first kappa shape index (κ1) is 6.01. The lowest BCUT2D eigenvalue weighted by molar-refractivity contribution is -0.136. The summed E-state index contributed by atoms with van der Waals surface area (Å²) in [5.41, 5.74) is 0. The van der Waals surface area contributed by atoms with Crippen LogP contribution < -0.4 is 0 Å². The highest BCUT2D eigenvalue weighted by molar-refractivity contribution is 6.12. The van der Waals surface area contributed by atoms with E-state index in [4.69, 9.17) is 0 Å². The number of amides is 2. The Morgan fingerprint density at radius 2 is 1.78 bits per heavy atom. The highest BCUT2D eigenvalue weighted by atomic mass is 16.2. The minimum atomic E-state index is -0.206. The molecule has 1 aliphatic rings. The molecule has 0 atom stereocenters. The van der Waals surface area contributed by atoms with Crippen molar-refractivity contribution in [2.45, 2.75) is 6.92 Å². The van der Waals surface area contributed by atoms with Crippen molar-refractivity contribution in [3.63, 3.8) is 0 Å². The van der Waals surface area contributed by atoms with Crippen LogP contribution in [0, 0.1) is 0 Å². The number of imide groups is 1. The second-order valence-corrected chi connectivity index (χ2v) is 1.75. The molecule has 3 nitrogen and oxygen atoms in total. The van der Waals surface area contributed by atoms with Crippen molar-refractivity contribution in [3.8, 4) is 0 Å². The predicted octanol–water partition coefficient (Wildman–Crippen LogP) is -0.0687. The van der Waals surface area contributed by atoms with Crippen molar-refractivity contribution in [2.24, 2.45) is 0 Å². The van der Waals surface area contributed by atoms with Crippen LogP contribution in [0.15, 0.2) is 12.2 Å². The van der Waals surface area contributed by atoms with Gasteiger partial charge < -0.3 is 0 Å². The zero-order chi connectivity index (χ0) is 6.85. The molecule has 0 saturated carbocycles. The second-order valence-electron chi connectivity index (χ2n) is 1.75. The molecule has 3 heteroatoms. The monoisotopic (exact) mass is 127 g/mol. The first-order valence-electron chi connectivity index (χ1n) is 2.79. The molecule has 0 saturated heterocycles. The minimum absolute atomic E-state index is 0.206. The fraction of sp³-hybridized carbons (Fsp3) is 0.333. The molecule has 1 heterocycles. The summed E-state index contributed by atoms with van der Waals surface area (Å²) in [6.07, 6.45) is 2.57. The Morgan fingerprint density at radius 1 is 1.33 bits per heavy atom. The smallest absolute Gasteiger partial charge is 0.253 e. The van der Waals surface area contributed by atoms with E-state index in [-0.39, 0.29) is 11.8 Å². The van der Waals surface area contributed by atoms with Gasteiger partial charge in [-0.25, -0.2) is 0 Å². The van der Waals surface area contributed by atoms with E-state index in [1.807, 2.05) is 0 Å². The predicted molar refractivity (Wildman–Crippen MR) is 31.5 cm³/mol. The summed E-state index contributed by atoms with van der Waals surface area (Å²) < 4.78 is 0. The zero-order valence-corrected chi connectivity index (χ0v) is 5.13. The molecule has 0 aliphatic carbocycles. The number of likely N-dealkylation sites (N-methyl/N-ethyl adjacent to an activating group) is 1. The zero-order valence-electron chi connectivity index (χ0n) is 5.13. The van der Waals surface area contributed by atoms with E-state index in [1.165, 1.54) is 17.1 Å². The van der Waals surface area contributed by atoms with Crippen LogP contribution in [0.3, 0.4) is 0 Å². The average Bonchev–Trinajstić information content (AvgIpc) is 2.12. The molecule has 0 N–H and O–H groups in total. The number of nitrogens with zero attached hydrogens (tertiary/aromatic N) is 1. The summed E-state index contributed by atoms with van der Waals surface area (Å²) in [7, 11) is 0. The van der Waals surface area contributed by atoms with E-state index in [2.05, 4.69) is 0 Å². The normalized spacial score (nSPS) is 17.7. The summed E-state index contributed by atoms with van der Waals surface area (Å²) in [6.45, 7) is 2.23. The number of hydrogen-bond donors (Lipinski definition) is 0. The van der Waals surface area contributed by atoms with Crippen molar-refractivity contribution >= 4 is 11.8 Å². The van der Waals surface area contributed by atoms with Gasteiger partial charge >= 0.3 is 0 Å². The molecule has 0 aromatic carbocycles. The van der Waals surface area contributed by atoms with Gasteiger partial charge in [0.25, 0.3) is 11.8 Å². The van der Waals surface area contributed by atoms with E-state index < -0.39 is 0 Å². The van der Waals surface area contributed by atoms with Gasteiger partial charge in [0.2, 0.25) is 0 Å². The Morgan fingerprint density at radius 3 is 2.00 bits per heavy atom. The van der Waals surface area contributed by atoms with E-state index >= 15 is 0 Å². The lowest BCUT2D eigenvalue weighted by atomic mass is 10.6. The average molecular weight is 127 g/mol. The van der Waals surface area contributed by atoms with E-state index in [1.54, 1.807) is 6.92 Å². The van der Waals surface area contributed by atoms with Gasteiger partial charge in [0, 0.05) is 18.7 Å². The Balaban J connectivity index is 2.75. The maximum absolute atomic E-state index is 10.6. The summed E-state index contributed by atoms with van der Waals surface area (Å²) in [5, 5.41) is 0. The first-order chi connectivity index (χ1) is 4.25. The van der Waals surface area contributed by atoms with Crippen molar-refractivity contribution in [3.05, 3.63) is 12.2 Å². The molecule has 1 aliphatic heterocycles. The fourth-order valence-corrected chi connectivity index (χ4v) is 0.743. The van der Waals surface area contributed by atoms with Crippen LogP contribution in [0.1, 0.15) is 6.92 Å². The van der Waals surface area contributed by atoms with Crippen LogP contribution in [0.4, 0.5) is 0 Å². The third-order valence-corrected chi connectivity index (χ3v) is 1.22. The van der Waals surface area contributed by atoms with Crippen molar-refractivity contribution in [1.82, 2.24) is 4.90 Å². The van der Waals surface area contributed by atoms with Gasteiger partial charge in [-0.2, -0.15) is 0 Å². The SMILES string of the molecule is [14CH3]CN1C(=O)C=CC1=O. The number of carbonyl (C=O) groups is 2. The van der Waals surface area contributed by atoms with Crippen molar-refractivity contribution < 1.29 is 9.59 Å².